The summed E-state index contributed by atoms with van der Waals surface area (Å²) in [5, 5.41) is 3.85. The maximum Gasteiger partial charge on any atom is 0.129 e. The van der Waals surface area contributed by atoms with Gasteiger partial charge in [-0.3, -0.25) is 0 Å². The normalized spacial score (nSPS) is 10.4. The fourth-order valence-electron chi connectivity index (χ4n) is 1.57. The minimum Gasteiger partial charge on any atom is -0.381 e. The zero-order valence-electron chi connectivity index (χ0n) is 9.81. The Bertz CT molecular complexity index is 572. The van der Waals surface area contributed by atoms with Gasteiger partial charge in [-0.25, -0.2) is 4.39 Å². The van der Waals surface area contributed by atoms with Crippen molar-refractivity contribution in [1.82, 2.24) is 0 Å². The van der Waals surface area contributed by atoms with Gasteiger partial charge in [0, 0.05) is 27.3 Å². The number of aryl methyl sites for hydroxylation is 1. The summed E-state index contributed by atoms with van der Waals surface area (Å²) < 4.78 is 14.3. The molecule has 0 heterocycles. The summed E-state index contributed by atoms with van der Waals surface area (Å²) in [6.45, 7) is 2.37. The van der Waals surface area contributed by atoms with Gasteiger partial charge >= 0.3 is 0 Å². The Morgan fingerprint density at radius 3 is 2.67 bits per heavy atom. The van der Waals surface area contributed by atoms with Crippen LogP contribution in [0.1, 0.15) is 11.1 Å². The van der Waals surface area contributed by atoms with E-state index in [9.17, 15) is 4.39 Å². The molecule has 0 radical (unpaired) electrons. The topological polar surface area (TPSA) is 12.0 Å². The summed E-state index contributed by atoms with van der Waals surface area (Å²) in [4.78, 5) is 0. The SMILES string of the molecule is Cc1ccc(NCc2ccc(Br)cc2F)cc1Cl. The van der Waals surface area contributed by atoms with Gasteiger partial charge in [0.2, 0.25) is 0 Å². The van der Waals surface area contributed by atoms with Gasteiger partial charge in [0.05, 0.1) is 0 Å². The smallest absolute Gasteiger partial charge is 0.129 e. The number of rotatable bonds is 3. The summed E-state index contributed by atoms with van der Waals surface area (Å²) in [6, 6.07) is 10.7. The lowest BCUT2D eigenvalue weighted by molar-refractivity contribution is 0.612. The van der Waals surface area contributed by atoms with Gasteiger partial charge in [0.1, 0.15) is 5.82 Å². The van der Waals surface area contributed by atoms with Gasteiger partial charge in [-0.15, -0.1) is 0 Å². The Kier molecular flexibility index (Phi) is 4.25. The van der Waals surface area contributed by atoms with Crippen LogP contribution in [0, 0.1) is 12.7 Å². The number of benzene rings is 2. The molecule has 0 saturated carbocycles. The van der Waals surface area contributed by atoms with Crippen LogP contribution < -0.4 is 5.32 Å². The molecule has 0 bridgehead atoms. The van der Waals surface area contributed by atoms with Gasteiger partial charge in [0.15, 0.2) is 0 Å². The van der Waals surface area contributed by atoms with E-state index in [0.29, 0.717) is 17.1 Å². The molecule has 0 spiro atoms. The van der Waals surface area contributed by atoms with Crippen LogP contribution in [0.2, 0.25) is 5.02 Å². The molecule has 0 fully saturated rings. The van der Waals surface area contributed by atoms with Crippen molar-refractivity contribution < 1.29 is 4.39 Å². The molecule has 0 saturated heterocycles. The Balaban J connectivity index is 2.09. The van der Waals surface area contributed by atoms with Crippen LogP contribution >= 0.6 is 27.5 Å². The van der Waals surface area contributed by atoms with Crippen molar-refractivity contribution in [2.24, 2.45) is 0 Å². The van der Waals surface area contributed by atoms with Crippen molar-refractivity contribution in [2.45, 2.75) is 13.5 Å². The molecule has 0 amide bonds. The first-order chi connectivity index (χ1) is 8.56. The van der Waals surface area contributed by atoms with Crippen molar-refractivity contribution >= 4 is 33.2 Å². The Labute approximate surface area is 119 Å². The average molecular weight is 329 g/mol. The lowest BCUT2D eigenvalue weighted by Gasteiger charge is -2.09. The maximum absolute atomic E-state index is 13.6. The molecule has 1 N–H and O–H groups in total. The quantitative estimate of drug-likeness (QED) is 0.820. The molecule has 4 heteroatoms. The van der Waals surface area contributed by atoms with E-state index >= 15 is 0 Å². The fraction of sp³-hybridized carbons (Fsp3) is 0.143. The van der Waals surface area contributed by atoms with Gasteiger partial charge in [-0.05, 0) is 36.8 Å². The molecule has 0 aliphatic heterocycles. The first-order valence-corrected chi connectivity index (χ1v) is 6.67. The van der Waals surface area contributed by atoms with Crippen LogP contribution in [0.15, 0.2) is 40.9 Å². The zero-order chi connectivity index (χ0) is 13.1. The predicted octanol–water partition coefficient (Wildman–Crippen LogP) is 5.16. The Morgan fingerprint density at radius 1 is 1.22 bits per heavy atom. The third-order valence-corrected chi connectivity index (χ3v) is 3.57. The highest BCUT2D eigenvalue weighted by Gasteiger charge is 2.03. The highest BCUT2D eigenvalue weighted by atomic mass is 79.9. The van der Waals surface area contributed by atoms with Gasteiger partial charge in [-0.1, -0.05) is 39.7 Å². The second-order valence-corrected chi connectivity index (χ2v) is 5.38. The van der Waals surface area contributed by atoms with Gasteiger partial charge < -0.3 is 5.32 Å². The van der Waals surface area contributed by atoms with E-state index in [1.165, 1.54) is 6.07 Å². The van der Waals surface area contributed by atoms with Crippen molar-refractivity contribution in [1.29, 1.82) is 0 Å². The van der Waals surface area contributed by atoms with Gasteiger partial charge in [-0.2, -0.15) is 0 Å². The third kappa shape index (κ3) is 3.24. The van der Waals surface area contributed by atoms with Crippen LogP contribution in [0.3, 0.4) is 0 Å². The molecule has 0 aromatic heterocycles. The number of halogens is 3. The van der Waals surface area contributed by atoms with E-state index in [-0.39, 0.29) is 5.82 Å². The van der Waals surface area contributed by atoms with E-state index < -0.39 is 0 Å². The van der Waals surface area contributed by atoms with E-state index in [1.807, 2.05) is 31.2 Å². The second-order valence-electron chi connectivity index (χ2n) is 4.05. The summed E-state index contributed by atoms with van der Waals surface area (Å²) in [5.41, 5.74) is 2.53. The molecule has 2 aromatic carbocycles. The number of hydrogen-bond donors (Lipinski definition) is 1. The first kappa shape index (κ1) is 13.4. The van der Waals surface area contributed by atoms with E-state index in [1.54, 1.807) is 6.07 Å². The maximum atomic E-state index is 13.6. The molecule has 0 aliphatic carbocycles. The summed E-state index contributed by atoms with van der Waals surface area (Å²) in [7, 11) is 0. The van der Waals surface area contributed by atoms with Crippen LogP contribution in [0.25, 0.3) is 0 Å². The highest BCUT2D eigenvalue weighted by Crippen LogP contribution is 2.21. The largest absolute Gasteiger partial charge is 0.381 e. The lowest BCUT2D eigenvalue weighted by Crippen LogP contribution is -2.01. The molecule has 0 atom stereocenters. The highest BCUT2D eigenvalue weighted by molar-refractivity contribution is 9.10. The van der Waals surface area contributed by atoms with E-state index in [4.69, 9.17) is 11.6 Å². The zero-order valence-corrected chi connectivity index (χ0v) is 12.1. The molecule has 1 nitrogen and oxygen atoms in total. The first-order valence-electron chi connectivity index (χ1n) is 5.50. The standard InChI is InChI=1S/C14H12BrClFN/c1-9-2-5-12(7-13(9)16)18-8-10-3-4-11(15)6-14(10)17/h2-7,18H,8H2,1H3. The van der Waals surface area contributed by atoms with E-state index in [0.717, 1.165) is 15.7 Å². The summed E-state index contributed by atoms with van der Waals surface area (Å²) >= 11 is 9.26. The molecule has 94 valence electrons. The van der Waals surface area contributed by atoms with E-state index in [2.05, 4.69) is 21.2 Å². The molecular formula is C14H12BrClFN. The molecule has 2 aromatic rings. The Hall–Kier alpha value is -1.06. The van der Waals surface area contributed by atoms with Crippen molar-refractivity contribution in [3.63, 3.8) is 0 Å². The van der Waals surface area contributed by atoms with Crippen molar-refractivity contribution in [3.8, 4) is 0 Å². The predicted molar refractivity (Wildman–Crippen MR) is 77.6 cm³/mol. The minimum absolute atomic E-state index is 0.227. The van der Waals surface area contributed by atoms with Crippen LogP contribution in [-0.2, 0) is 6.54 Å². The van der Waals surface area contributed by atoms with Crippen LogP contribution in [-0.4, -0.2) is 0 Å². The lowest BCUT2D eigenvalue weighted by atomic mass is 10.2. The summed E-state index contributed by atoms with van der Waals surface area (Å²) in [5.74, 6) is -0.227. The molecule has 2 rings (SSSR count). The molecule has 0 unspecified atom stereocenters. The number of anilines is 1. The Morgan fingerprint density at radius 2 is 2.00 bits per heavy atom. The minimum atomic E-state index is -0.227. The second kappa shape index (κ2) is 5.72. The fourth-order valence-corrected chi connectivity index (χ4v) is 2.08. The molecular weight excluding hydrogens is 317 g/mol. The average Bonchev–Trinajstić information content (AvgIpc) is 2.32. The number of hydrogen-bond acceptors (Lipinski definition) is 1. The monoisotopic (exact) mass is 327 g/mol. The molecule has 0 aliphatic rings. The number of nitrogens with one attached hydrogen (secondary N) is 1. The van der Waals surface area contributed by atoms with Crippen LogP contribution in [0.5, 0.6) is 0 Å². The van der Waals surface area contributed by atoms with Gasteiger partial charge in [0.25, 0.3) is 0 Å². The van der Waals surface area contributed by atoms with Crippen molar-refractivity contribution in [2.75, 3.05) is 5.32 Å². The summed E-state index contributed by atoms with van der Waals surface area (Å²) in [6.07, 6.45) is 0. The van der Waals surface area contributed by atoms with Crippen LogP contribution in [0.4, 0.5) is 10.1 Å². The van der Waals surface area contributed by atoms with Crippen molar-refractivity contribution in [3.05, 3.63) is 62.8 Å². The third-order valence-electron chi connectivity index (χ3n) is 2.67. The molecule has 18 heavy (non-hydrogen) atoms.